The van der Waals surface area contributed by atoms with Crippen LogP contribution in [-0.2, 0) is 39.8 Å². The van der Waals surface area contributed by atoms with Gasteiger partial charge in [-0.15, -0.1) is 0 Å². The number of nitrogens with zero attached hydrogens (tertiary/aromatic N) is 1. The van der Waals surface area contributed by atoms with Crippen molar-refractivity contribution in [1.29, 1.82) is 0 Å². The molecule has 0 aliphatic carbocycles. The summed E-state index contributed by atoms with van der Waals surface area (Å²) in [6.07, 6.45) is -0.865. The highest BCUT2D eigenvalue weighted by molar-refractivity contribution is 7.93. The normalized spacial score (nSPS) is 29.1. The predicted molar refractivity (Wildman–Crippen MR) is 88.5 cm³/mol. The second kappa shape index (κ2) is 6.97. The number of rotatable bonds is 4. The van der Waals surface area contributed by atoms with Gasteiger partial charge in [0.15, 0.2) is 0 Å². The third kappa shape index (κ3) is 3.68. The number of hydrogen-bond acceptors (Lipinski definition) is 7. The van der Waals surface area contributed by atoms with Gasteiger partial charge < -0.3 is 18.8 Å². The molecule has 25 heavy (non-hydrogen) atoms. The molecule has 2 heterocycles. The lowest BCUT2D eigenvalue weighted by Crippen LogP contribution is -2.72. The first-order valence-electron chi connectivity index (χ1n) is 7.84. The minimum atomic E-state index is -1.51. The molecule has 2 aliphatic heterocycles. The van der Waals surface area contributed by atoms with E-state index in [9.17, 15) is 18.9 Å². The second-order valence-corrected chi connectivity index (χ2v) is 8.73. The Morgan fingerprint density at radius 2 is 1.92 bits per heavy atom. The molecule has 8 nitrogen and oxygen atoms in total. The van der Waals surface area contributed by atoms with E-state index in [1.54, 1.807) is 27.7 Å². The maximum Gasteiger partial charge on any atom is 0.356 e. The van der Waals surface area contributed by atoms with Crippen molar-refractivity contribution in [2.24, 2.45) is 0 Å². The Kier molecular flexibility index (Phi) is 5.50. The lowest BCUT2D eigenvalue weighted by atomic mass is 10.0. The Hall–Kier alpha value is -1.58. The molecule has 0 saturated carbocycles. The first-order valence-corrected chi connectivity index (χ1v) is 9.12. The van der Waals surface area contributed by atoms with Crippen LogP contribution in [-0.4, -0.2) is 63.3 Å². The molecule has 0 bridgehead atoms. The summed E-state index contributed by atoms with van der Waals surface area (Å²) < 4.78 is 28.2. The summed E-state index contributed by atoms with van der Waals surface area (Å²) in [4.78, 5) is 37.4. The van der Waals surface area contributed by atoms with Crippen LogP contribution in [0.4, 0.5) is 0 Å². The highest BCUT2D eigenvalue weighted by atomic mass is 32.2. The van der Waals surface area contributed by atoms with Crippen LogP contribution in [0.5, 0.6) is 0 Å². The third-order valence-corrected chi connectivity index (χ3v) is 5.81. The second-order valence-electron chi connectivity index (χ2n) is 6.88. The summed E-state index contributed by atoms with van der Waals surface area (Å²) in [5.74, 6) is -1.72. The van der Waals surface area contributed by atoms with E-state index in [0.717, 1.165) is 4.90 Å². The van der Waals surface area contributed by atoms with E-state index in [4.69, 9.17) is 14.2 Å². The topological polar surface area (TPSA) is 105 Å². The van der Waals surface area contributed by atoms with Crippen LogP contribution in [0.3, 0.4) is 0 Å². The molecule has 1 fully saturated rings. The van der Waals surface area contributed by atoms with Crippen LogP contribution in [0, 0.1) is 0 Å². The van der Waals surface area contributed by atoms with E-state index in [1.807, 2.05) is 0 Å². The van der Waals surface area contributed by atoms with Gasteiger partial charge in [-0.3, -0.25) is 14.5 Å². The fraction of sp³-hybridized carbons (Fsp3) is 0.688. The molecular weight excluding hydrogens is 350 g/mol. The van der Waals surface area contributed by atoms with Crippen molar-refractivity contribution < 1.29 is 33.1 Å². The molecule has 2 aliphatic rings. The van der Waals surface area contributed by atoms with E-state index < -0.39 is 51.4 Å². The number of β-lactam (4-membered cyclic amide) rings is 1. The van der Waals surface area contributed by atoms with Crippen LogP contribution in [0.1, 0.15) is 34.6 Å². The van der Waals surface area contributed by atoms with Crippen LogP contribution < -0.4 is 0 Å². The van der Waals surface area contributed by atoms with Gasteiger partial charge in [0.1, 0.15) is 23.2 Å². The van der Waals surface area contributed by atoms with E-state index in [0.29, 0.717) is 5.57 Å². The van der Waals surface area contributed by atoms with E-state index in [1.165, 1.54) is 14.0 Å². The number of methoxy groups -OCH3 is 1. The zero-order valence-electron chi connectivity index (χ0n) is 15.2. The number of carbonyl (C=O) groups excluding carboxylic acids is 3. The summed E-state index contributed by atoms with van der Waals surface area (Å²) in [6, 6.07) is 0. The molecule has 0 aromatic heterocycles. The van der Waals surface area contributed by atoms with Crippen molar-refractivity contribution in [3.05, 3.63) is 11.3 Å². The molecule has 1 amide bonds. The van der Waals surface area contributed by atoms with Gasteiger partial charge in [-0.1, -0.05) is 0 Å². The van der Waals surface area contributed by atoms with Crippen molar-refractivity contribution in [2.45, 2.75) is 56.9 Å². The summed E-state index contributed by atoms with van der Waals surface area (Å²) in [6.45, 7) is 7.77. The third-order valence-electron chi connectivity index (χ3n) is 3.89. The van der Waals surface area contributed by atoms with Gasteiger partial charge in [-0.2, -0.15) is 0 Å². The first-order chi connectivity index (χ1) is 11.5. The molecule has 0 spiro atoms. The fourth-order valence-electron chi connectivity index (χ4n) is 2.74. The highest BCUT2D eigenvalue weighted by Crippen LogP contribution is 2.41. The van der Waals surface area contributed by atoms with E-state index in [2.05, 4.69) is 0 Å². The largest absolute Gasteiger partial charge is 0.614 e. The number of fused-ring (bicyclic) bond motifs is 1. The van der Waals surface area contributed by atoms with Gasteiger partial charge in [0.25, 0.3) is 5.91 Å². The molecule has 2 unspecified atom stereocenters. The van der Waals surface area contributed by atoms with Gasteiger partial charge >= 0.3 is 11.9 Å². The molecule has 0 N–H and O–H groups in total. The van der Waals surface area contributed by atoms with Crippen LogP contribution in [0.15, 0.2) is 11.3 Å². The fourth-order valence-corrected chi connectivity index (χ4v) is 4.50. The van der Waals surface area contributed by atoms with E-state index >= 15 is 0 Å². The average molecular weight is 373 g/mol. The number of ether oxygens (including phenoxy) is 3. The minimum absolute atomic E-state index is 0.00780. The van der Waals surface area contributed by atoms with Crippen molar-refractivity contribution in [3.8, 4) is 0 Å². The van der Waals surface area contributed by atoms with Gasteiger partial charge in [0.2, 0.25) is 11.5 Å². The highest BCUT2D eigenvalue weighted by Gasteiger charge is 2.63. The van der Waals surface area contributed by atoms with Crippen molar-refractivity contribution >= 4 is 29.0 Å². The first kappa shape index (κ1) is 19.7. The van der Waals surface area contributed by atoms with Crippen LogP contribution in [0.2, 0.25) is 0 Å². The van der Waals surface area contributed by atoms with Crippen molar-refractivity contribution in [3.63, 3.8) is 0 Å². The number of amides is 1. The smallest absolute Gasteiger partial charge is 0.356 e. The van der Waals surface area contributed by atoms with Crippen LogP contribution in [0.25, 0.3) is 0 Å². The molecule has 2 rings (SSSR count). The molecular formula is C16H23NO7S. The molecule has 9 heteroatoms. The minimum Gasteiger partial charge on any atom is -0.614 e. The van der Waals surface area contributed by atoms with Crippen LogP contribution >= 0.6 is 0 Å². The van der Waals surface area contributed by atoms with Gasteiger partial charge in [0, 0.05) is 14.0 Å². The van der Waals surface area contributed by atoms with Gasteiger partial charge in [-0.05, 0) is 38.9 Å². The van der Waals surface area contributed by atoms with Gasteiger partial charge in [0.05, 0.1) is 5.57 Å². The molecule has 0 aromatic carbocycles. The maximum atomic E-state index is 12.7. The lowest BCUT2D eigenvalue weighted by Gasteiger charge is -2.50. The summed E-state index contributed by atoms with van der Waals surface area (Å²) >= 11 is -1.51. The summed E-state index contributed by atoms with van der Waals surface area (Å²) in [5, 5.41) is -1.34. The molecule has 4 atom stereocenters. The van der Waals surface area contributed by atoms with Crippen molar-refractivity contribution in [2.75, 3.05) is 13.7 Å². The standard InChI is InChI=1S/C16H23NO7S/c1-8-10(7-23-9(2)18)11(15(20)24-16(3,4)5)17-13(19)12(22-6)14(17)25(8)21/h8,12,14H,7H2,1-6H3/t8?,12-,14?,25-/m0/s1. The Morgan fingerprint density at radius 1 is 1.32 bits per heavy atom. The lowest BCUT2D eigenvalue weighted by molar-refractivity contribution is -0.167. The molecule has 140 valence electrons. The Labute approximate surface area is 149 Å². The number of hydrogen-bond donors (Lipinski definition) is 0. The Morgan fingerprint density at radius 3 is 2.40 bits per heavy atom. The molecule has 1 saturated heterocycles. The zero-order chi connectivity index (χ0) is 19.1. The van der Waals surface area contributed by atoms with Gasteiger partial charge in [-0.25, -0.2) is 4.79 Å². The summed E-state index contributed by atoms with van der Waals surface area (Å²) in [7, 11) is 1.35. The van der Waals surface area contributed by atoms with E-state index in [-0.39, 0.29) is 12.3 Å². The predicted octanol–water partition coefficient (Wildman–Crippen LogP) is 0.479. The maximum absolute atomic E-state index is 12.7. The average Bonchev–Trinajstić information content (AvgIpc) is 2.47. The quantitative estimate of drug-likeness (QED) is 0.401. The van der Waals surface area contributed by atoms with Crippen molar-refractivity contribution in [1.82, 2.24) is 4.90 Å². The SMILES string of the molecule is CO[C@H]1C(=O)N2C(C(=O)OC(C)(C)C)=C(COC(C)=O)C(C)[S@+]([O-])C12. The monoisotopic (exact) mass is 373 g/mol. The zero-order valence-corrected chi connectivity index (χ0v) is 16.0. The summed E-state index contributed by atoms with van der Waals surface area (Å²) in [5.41, 5.74) is -0.478. The Balaban J connectivity index is 2.47. The number of esters is 2. The molecule has 0 radical (unpaired) electrons. The number of carbonyl (C=O) groups is 3. The Bertz CT molecular complexity index is 624. The molecule has 0 aromatic rings.